The Hall–Kier alpha value is -1.91. The average molecular weight is 262 g/mol. The van der Waals surface area contributed by atoms with Gasteiger partial charge in [-0.15, -0.1) is 0 Å². The Morgan fingerprint density at radius 1 is 1.05 bits per heavy atom. The van der Waals surface area contributed by atoms with Crippen molar-refractivity contribution >= 4 is 5.97 Å². The van der Waals surface area contributed by atoms with Crippen molar-refractivity contribution in [2.75, 3.05) is 13.2 Å². The lowest BCUT2D eigenvalue weighted by Gasteiger charge is -2.19. The largest absolute Gasteiger partial charge is 0.504 e. The Labute approximate surface area is 109 Å². The number of carboxylic acid groups (broad SMARTS) is 1. The maximum absolute atomic E-state index is 11.6. The first-order valence-electron chi connectivity index (χ1n) is 6.55. The molecule has 1 aromatic carbocycles. The highest BCUT2D eigenvalue weighted by Gasteiger charge is 2.56. The number of hydrogen-bond acceptors (Lipinski definition) is 4. The molecular weight excluding hydrogens is 248 g/mol. The minimum Gasteiger partial charge on any atom is -0.504 e. The van der Waals surface area contributed by atoms with E-state index in [2.05, 4.69) is 0 Å². The van der Waals surface area contributed by atoms with Gasteiger partial charge in [-0.3, -0.25) is 4.79 Å². The van der Waals surface area contributed by atoms with Crippen molar-refractivity contribution in [3.63, 3.8) is 0 Å². The lowest BCUT2D eigenvalue weighted by molar-refractivity contribution is -0.140. The summed E-state index contributed by atoms with van der Waals surface area (Å²) in [5.41, 5.74) is 1.49. The van der Waals surface area contributed by atoms with Crippen LogP contribution < -0.4 is 9.47 Å². The first kappa shape index (κ1) is 11.0. The first-order chi connectivity index (χ1) is 9.15. The number of ether oxygens (including phenoxy) is 2. The van der Waals surface area contributed by atoms with Crippen LogP contribution in [0.25, 0.3) is 0 Å². The molecule has 0 amide bonds. The molecule has 3 aliphatic rings. The summed E-state index contributed by atoms with van der Waals surface area (Å²) < 4.78 is 11.1. The fourth-order valence-corrected chi connectivity index (χ4v) is 3.29. The normalized spacial score (nSPS) is 21.3. The van der Waals surface area contributed by atoms with Crippen LogP contribution in [-0.4, -0.2) is 29.4 Å². The van der Waals surface area contributed by atoms with Crippen molar-refractivity contribution in [3.05, 3.63) is 16.7 Å². The van der Waals surface area contributed by atoms with Crippen molar-refractivity contribution in [3.8, 4) is 17.2 Å². The summed E-state index contributed by atoms with van der Waals surface area (Å²) in [4.78, 5) is 11.6. The number of rotatable bonds is 2. The van der Waals surface area contributed by atoms with E-state index >= 15 is 0 Å². The molecule has 2 aliphatic heterocycles. The van der Waals surface area contributed by atoms with Crippen LogP contribution in [-0.2, 0) is 23.1 Å². The highest BCUT2D eigenvalue weighted by molar-refractivity contribution is 5.88. The van der Waals surface area contributed by atoms with Gasteiger partial charge in [-0.2, -0.15) is 0 Å². The third-order valence-corrected chi connectivity index (χ3v) is 4.41. The monoisotopic (exact) mass is 262 g/mol. The van der Waals surface area contributed by atoms with E-state index in [1.54, 1.807) is 0 Å². The van der Waals surface area contributed by atoms with E-state index in [4.69, 9.17) is 9.47 Å². The quantitative estimate of drug-likeness (QED) is 0.842. The molecule has 2 N–H and O–H groups in total. The van der Waals surface area contributed by atoms with Crippen LogP contribution in [0.5, 0.6) is 17.2 Å². The molecular formula is C14H14O5. The maximum Gasteiger partial charge on any atom is 0.314 e. The van der Waals surface area contributed by atoms with Gasteiger partial charge in [0, 0.05) is 29.5 Å². The number of fused-ring (bicyclic) bond motifs is 2. The molecule has 0 radical (unpaired) electrons. The molecule has 0 unspecified atom stereocenters. The molecule has 1 aromatic rings. The maximum atomic E-state index is 11.6. The molecule has 0 spiro atoms. The molecule has 0 saturated heterocycles. The number of hydrogen-bond donors (Lipinski definition) is 2. The average Bonchev–Trinajstić information content (AvgIpc) is 2.85. The van der Waals surface area contributed by atoms with Crippen LogP contribution in [0.1, 0.15) is 29.5 Å². The molecule has 100 valence electrons. The fraction of sp³-hybridized carbons (Fsp3) is 0.500. The molecule has 1 saturated carbocycles. The zero-order chi connectivity index (χ0) is 13.2. The van der Waals surface area contributed by atoms with Gasteiger partial charge in [0.05, 0.1) is 18.6 Å². The van der Waals surface area contributed by atoms with Crippen LogP contribution >= 0.6 is 0 Å². The Morgan fingerprint density at radius 3 is 2.32 bits per heavy atom. The van der Waals surface area contributed by atoms with E-state index in [0.29, 0.717) is 56.0 Å². The van der Waals surface area contributed by atoms with E-state index in [0.717, 1.165) is 11.1 Å². The topological polar surface area (TPSA) is 76.0 Å². The number of aliphatic carboxylic acids is 1. The molecule has 0 atom stereocenters. The smallest absolute Gasteiger partial charge is 0.314 e. The predicted molar refractivity (Wildman–Crippen MR) is 65.1 cm³/mol. The highest BCUT2D eigenvalue weighted by atomic mass is 16.5. The third-order valence-electron chi connectivity index (χ3n) is 4.41. The first-order valence-corrected chi connectivity index (χ1v) is 6.55. The summed E-state index contributed by atoms with van der Waals surface area (Å²) in [6.45, 7) is 0.989. The third kappa shape index (κ3) is 1.22. The van der Waals surface area contributed by atoms with E-state index < -0.39 is 11.4 Å². The van der Waals surface area contributed by atoms with Gasteiger partial charge in [-0.25, -0.2) is 0 Å². The van der Waals surface area contributed by atoms with E-state index in [1.165, 1.54) is 0 Å². The molecule has 1 aliphatic carbocycles. The second-order valence-electron chi connectivity index (χ2n) is 5.42. The highest BCUT2D eigenvalue weighted by Crippen LogP contribution is 2.59. The summed E-state index contributed by atoms with van der Waals surface area (Å²) in [5, 5.41) is 19.8. The summed E-state index contributed by atoms with van der Waals surface area (Å²) in [7, 11) is 0. The summed E-state index contributed by atoms with van der Waals surface area (Å²) in [5.74, 6) is 0.420. The number of carbonyl (C=O) groups is 1. The van der Waals surface area contributed by atoms with Gasteiger partial charge in [0.1, 0.15) is 5.75 Å². The van der Waals surface area contributed by atoms with Crippen molar-refractivity contribution in [1.29, 1.82) is 0 Å². The summed E-state index contributed by atoms with van der Waals surface area (Å²) in [6.07, 6.45) is 2.52. The summed E-state index contributed by atoms with van der Waals surface area (Å²) in [6, 6.07) is 0. The van der Waals surface area contributed by atoms with Crippen LogP contribution in [0, 0.1) is 0 Å². The van der Waals surface area contributed by atoms with Gasteiger partial charge in [-0.1, -0.05) is 0 Å². The van der Waals surface area contributed by atoms with Gasteiger partial charge in [-0.05, 0) is 12.8 Å². The van der Waals surface area contributed by atoms with Crippen LogP contribution in [0.15, 0.2) is 0 Å². The standard InChI is InChI=1S/C14H14O5/c15-10-8-2-6-18-11(8)9(7-1-5-19-12(7)10)14(3-4-14)13(16)17/h15H,1-6H2,(H,16,17). The number of benzene rings is 1. The lowest BCUT2D eigenvalue weighted by Crippen LogP contribution is -2.22. The van der Waals surface area contributed by atoms with Crippen LogP contribution in [0.3, 0.4) is 0 Å². The van der Waals surface area contributed by atoms with Gasteiger partial charge in [0.2, 0.25) is 0 Å². The molecule has 2 heterocycles. The molecule has 0 aromatic heterocycles. The van der Waals surface area contributed by atoms with Crippen molar-refractivity contribution in [2.45, 2.75) is 31.1 Å². The number of phenolic OH excluding ortho intramolecular Hbond substituents is 1. The van der Waals surface area contributed by atoms with Crippen molar-refractivity contribution < 1.29 is 24.5 Å². The molecule has 0 bridgehead atoms. The predicted octanol–water partition coefficient (Wildman–Crippen LogP) is 1.38. The van der Waals surface area contributed by atoms with Gasteiger partial charge < -0.3 is 19.7 Å². The second kappa shape index (κ2) is 3.35. The van der Waals surface area contributed by atoms with E-state index in [-0.39, 0.29) is 5.75 Å². The SMILES string of the molecule is O=C(O)C1(c2c3c(c(O)c4c2OCC4)OCC3)CC1. The zero-order valence-electron chi connectivity index (χ0n) is 10.4. The van der Waals surface area contributed by atoms with Crippen LogP contribution in [0.2, 0.25) is 0 Å². The number of carboxylic acids is 1. The van der Waals surface area contributed by atoms with Crippen molar-refractivity contribution in [1.82, 2.24) is 0 Å². The molecule has 5 nitrogen and oxygen atoms in total. The Balaban J connectivity index is 2.03. The number of phenols is 1. The minimum atomic E-state index is -0.820. The summed E-state index contributed by atoms with van der Waals surface area (Å²) >= 11 is 0. The van der Waals surface area contributed by atoms with Crippen LogP contribution in [0.4, 0.5) is 0 Å². The van der Waals surface area contributed by atoms with E-state index in [1.807, 2.05) is 0 Å². The van der Waals surface area contributed by atoms with Crippen molar-refractivity contribution in [2.24, 2.45) is 0 Å². The molecule has 4 rings (SSSR count). The Kier molecular flexibility index (Phi) is 1.93. The Morgan fingerprint density at radius 2 is 1.68 bits per heavy atom. The van der Waals surface area contributed by atoms with E-state index in [9.17, 15) is 15.0 Å². The lowest BCUT2D eigenvalue weighted by atomic mass is 9.87. The Bertz CT molecular complexity index is 565. The molecule has 5 heteroatoms. The zero-order valence-corrected chi connectivity index (χ0v) is 10.4. The van der Waals surface area contributed by atoms with Gasteiger partial charge in [0.15, 0.2) is 11.5 Å². The fourth-order valence-electron chi connectivity index (χ4n) is 3.29. The number of aromatic hydroxyl groups is 1. The van der Waals surface area contributed by atoms with Gasteiger partial charge in [0.25, 0.3) is 0 Å². The molecule has 1 fully saturated rings. The second-order valence-corrected chi connectivity index (χ2v) is 5.42. The minimum absolute atomic E-state index is 0.143. The molecule has 19 heavy (non-hydrogen) atoms. The van der Waals surface area contributed by atoms with Gasteiger partial charge >= 0.3 is 5.97 Å².